The molecule has 0 saturated heterocycles. The minimum atomic E-state index is -0.0258. The molecule has 1 atom stereocenters. The monoisotopic (exact) mass is 281 g/mol. The molecule has 0 aliphatic carbocycles. The summed E-state index contributed by atoms with van der Waals surface area (Å²) in [6.07, 6.45) is 2.91. The van der Waals surface area contributed by atoms with Gasteiger partial charge in [-0.2, -0.15) is 4.98 Å². The summed E-state index contributed by atoms with van der Waals surface area (Å²) in [7, 11) is 1.67. The third-order valence-electron chi connectivity index (χ3n) is 2.88. The van der Waals surface area contributed by atoms with Crippen molar-refractivity contribution in [2.75, 3.05) is 25.6 Å². The summed E-state index contributed by atoms with van der Waals surface area (Å²) in [5.74, 6) is 2.37. The Balaban J connectivity index is 2.97. The Morgan fingerprint density at radius 1 is 1.20 bits per heavy atom. The van der Waals surface area contributed by atoms with Gasteiger partial charge in [0, 0.05) is 20.1 Å². The first-order valence-electron chi connectivity index (χ1n) is 7.39. The number of ether oxygens (including phenoxy) is 2. The van der Waals surface area contributed by atoms with E-state index in [1.807, 2.05) is 13.8 Å². The van der Waals surface area contributed by atoms with Gasteiger partial charge in [-0.05, 0) is 26.7 Å². The third kappa shape index (κ3) is 4.96. The topological polar surface area (TPSA) is 56.3 Å². The molecule has 0 radical (unpaired) electrons. The van der Waals surface area contributed by atoms with Crippen LogP contribution >= 0.6 is 0 Å². The zero-order valence-corrected chi connectivity index (χ0v) is 13.3. The molecule has 0 saturated carbocycles. The molecule has 0 fully saturated rings. The van der Waals surface area contributed by atoms with E-state index < -0.39 is 0 Å². The van der Waals surface area contributed by atoms with Crippen molar-refractivity contribution in [3.63, 3.8) is 0 Å². The Morgan fingerprint density at radius 3 is 2.55 bits per heavy atom. The maximum absolute atomic E-state index is 5.88. The van der Waals surface area contributed by atoms with Gasteiger partial charge in [0.1, 0.15) is 17.7 Å². The van der Waals surface area contributed by atoms with Crippen molar-refractivity contribution >= 4 is 5.82 Å². The third-order valence-corrected chi connectivity index (χ3v) is 2.88. The molecule has 5 nitrogen and oxygen atoms in total. The van der Waals surface area contributed by atoms with E-state index in [4.69, 9.17) is 9.47 Å². The number of aromatic nitrogens is 2. The van der Waals surface area contributed by atoms with Crippen LogP contribution in [-0.4, -0.2) is 36.3 Å². The average Bonchev–Trinajstić information content (AvgIpc) is 2.41. The summed E-state index contributed by atoms with van der Waals surface area (Å²) in [6, 6.07) is 0. The molecule has 1 aromatic rings. The summed E-state index contributed by atoms with van der Waals surface area (Å²) in [6.45, 7) is 9.66. The molecule has 20 heavy (non-hydrogen) atoms. The highest BCUT2D eigenvalue weighted by Crippen LogP contribution is 2.23. The van der Waals surface area contributed by atoms with Crippen LogP contribution in [0, 0.1) is 6.92 Å². The lowest BCUT2D eigenvalue weighted by atomic mass is 10.2. The normalized spacial score (nSPS) is 12.2. The van der Waals surface area contributed by atoms with E-state index >= 15 is 0 Å². The lowest BCUT2D eigenvalue weighted by Crippen LogP contribution is -2.20. The van der Waals surface area contributed by atoms with Gasteiger partial charge in [-0.3, -0.25) is 0 Å². The number of nitrogens with zero attached hydrogens (tertiary/aromatic N) is 2. The van der Waals surface area contributed by atoms with Crippen molar-refractivity contribution in [3.05, 3.63) is 11.4 Å². The Kier molecular flexibility index (Phi) is 7.30. The standard InChI is InChI=1S/C15H27N3O2/c1-6-8-13-17-14(16-9-7-2)12(4)15(18-13)20-11(3)10-19-5/h11H,6-10H2,1-5H3,(H,16,17,18). The molecule has 0 amide bonds. The van der Waals surface area contributed by atoms with E-state index in [-0.39, 0.29) is 6.10 Å². The second-order valence-electron chi connectivity index (χ2n) is 4.98. The zero-order valence-electron chi connectivity index (χ0n) is 13.3. The Morgan fingerprint density at radius 2 is 1.95 bits per heavy atom. The van der Waals surface area contributed by atoms with E-state index in [0.717, 1.165) is 43.0 Å². The van der Waals surface area contributed by atoms with Gasteiger partial charge in [0.05, 0.1) is 12.2 Å². The van der Waals surface area contributed by atoms with Crippen molar-refractivity contribution in [2.45, 2.75) is 53.1 Å². The van der Waals surface area contributed by atoms with Gasteiger partial charge in [0.25, 0.3) is 0 Å². The largest absolute Gasteiger partial charge is 0.472 e. The summed E-state index contributed by atoms with van der Waals surface area (Å²) in [4.78, 5) is 9.10. The molecule has 1 rings (SSSR count). The van der Waals surface area contributed by atoms with Crippen LogP contribution in [0.1, 0.15) is 45.0 Å². The summed E-state index contributed by atoms with van der Waals surface area (Å²) >= 11 is 0. The first kappa shape index (κ1) is 16.7. The van der Waals surface area contributed by atoms with E-state index in [1.54, 1.807) is 7.11 Å². The second kappa shape index (κ2) is 8.74. The van der Waals surface area contributed by atoms with Gasteiger partial charge in [0.15, 0.2) is 0 Å². The highest BCUT2D eigenvalue weighted by Gasteiger charge is 2.14. The Bertz CT molecular complexity index is 410. The lowest BCUT2D eigenvalue weighted by molar-refractivity contribution is 0.0882. The van der Waals surface area contributed by atoms with Crippen LogP contribution in [-0.2, 0) is 11.2 Å². The van der Waals surface area contributed by atoms with Crippen molar-refractivity contribution in [2.24, 2.45) is 0 Å². The molecule has 5 heteroatoms. The SMILES string of the molecule is CCCNc1nc(CCC)nc(OC(C)COC)c1C. The first-order chi connectivity index (χ1) is 9.62. The number of hydrogen-bond acceptors (Lipinski definition) is 5. The minimum absolute atomic E-state index is 0.0258. The highest BCUT2D eigenvalue weighted by atomic mass is 16.5. The molecule has 114 valence electrons. The van der Waals surface area contributed by atoms with E-state index in [1.165, 1.54) is 0 Å². The maximum atomic E-state index is 5.88. The van der Waals surface area contributed by atoms with E-state index in [0.29, 0.717) is 12.5 Å². The number of methoxy groups -OCH3 is 1. The number of hydrogen-bond donors (Lipinski definition) is 1. The Hall–Kier alpha value is -1.36. The molecule has 0 bridgehead atoms. The molecule has 0 aliphatic heterocycles. The van der Waals surface area contributed by atoms with Crippen molar-refractivity contribution in [3.8, 4) is 5.88 Å². The molecule has 0 aromatic carbocycles. The molecule has 1 unspecified atom stereocenters. The van der Waals surface area contributed by atoms with Gasteiger partial charge >= 0.3 is 0 Å². The van der Waals surface area contributed by atoms with Gasteiger partial charge in [0.2, 0.25) is 5.88 Å². The Labute approximate surface area is 122 Å². The molecule has 1 aromatic heterocycles. The number of anilines is 1. The molecule has 1 N–H and O–H groups in total. The van der Waals surface area contributed by atoms with Crippen molar-refractivity contribution in [1.82, 2.24) is 9.97 Å². The fourth-order valence-electron chi connectivity index (χ4n) is 1.87. The highest BCUT2D eigenvalue weighted by molar-refractivity contribution is 5.48. The molecule has 0 aliphatic rings. The van der Waals surface area contributed by atoms with Crippen molar-refractivity contribution in [1.29, 1.82) is 0 Å². The minimum Gasteiger partial charge on any atom is -0.472 e. The van der Waals surface area contributed by atoms with Gasteiger partial charge in [-0.25, -0.2) is 4.98 Å². The van der Waals surface area contributed by atoms with Crippen LogP contribution < -0.4 is 10.1 Å². The number of nitrogens with one attached hydrogen (secondary N) is 1. The molecule has 1 heterocycles. The summed E-state index contributed by atoms with van der Waals surface area (Å²) in [5.41, 5.74) is 0.959. The van der Waals surface area contributed by atoms with E-state index in [2.05, 4.69) is 29.1 Å². The van der Waals surface area contributed by atoms with Crippen molar-refractivity contribution < 1.29 is 9.47 Å². The molecular weight excluding hydrogens is 254 g/mol. The molecular formula is C15H27N3O2. The lowest BCUT2D eigenvalue weighted by Gasteiger charge is -2.17. The summed E-state index contributed by atoms with van der Waals surface area (Å²) < 4.78 is 11.0. The number of rotatable bonds is 9. The fraction of sp³-hybridized carbons (Fsp3) is 0.733. The van der Waals surface area contributed by atoms with Gasteiger partial charge < -0.3 is 14.8 Å². The quantitative estimate of drug-likeness (QED) is 0.754. The van der Waals surface area contributed by atoms with Crippen LogP contribution in [0.4, 0.5) is 5.82 Å². The maximum Gasteiger partial charge on any atom is 0.222 e. The van der Waals surface area contributed by atoms with Crippen LogP contribution in [0.3, 0.4) is 0 Å². The van der Waals surface area contributed by atoms with Crippen LogP contribution in [0.5, 0.6) is 5.88 Å². The molecule has 0 spiro atoms. The number of aryl methyl sites for hydroxylation is 1. The second-order valence-corrected chi connectivity index (χ2v) is 4.98. The predicted molar refractivity (Wildman–Crippen MR) is 81.5 cm³/mol. The van der Waals surface area contributed by atoms with Crippen LogP contribution in [0.25, 0.3) is 0 Å². The fourth-order valence-corrected chi connectivity index (χ4v) is 1.87. The smallest absolute Gasteiger partial charge is 0.222 e. The van der Waals surface area contributed by atoms with Crippen LogP contribution in [0.15, 0.2) is 0 Å². The van der Waals surface area contributed by atoms with Gasteiger partial charge in [-0.1, -0.05) is 13.8 Å². The van der Waals surface area contributed by atoms with E-state index in [9.17, 15) is 0 Å². The first-order valence-corrected chi connectivity index (χ1v) is 7.39. The van der Waals surface area contributed by atoms with Crippen LogP contribution in [0.2, 0.25) is 0 Å². The zero-order chi connectivity index (χ0) is 15.0. The van der Waals surface area contributed by atoms with Gasteiger partial charge in [-0.15, -0.1) is 0 Å². The average molecular weight is 281 g/mol. The predicted octanol–water partition coefficient (Wildman–Crippen LogP) is 2.97. The summed E-state index contributed by atoms with van der Waals surface area (Å²) in [5, 5.41) is 3.34.